The molecule has 0 spiro atoms. The molecule has 0 radical (unpaired) electrons. The zero-order chi connectivity index (χ0) is 34.3. The molecule has 0 unspecified atom stereocenters. The number of allylic oxidation sites excluding steroid dienone is 5. The Hall–Kier alpha value is -5.92. The quantitative estimate of drug-likeness (QED) is 0.141. The SMILES string of the molecule is Cc1ccc(C(=Cc2ccc(N(c3ccc(C)cc3)c3ccc(C=C(c4ccccc4)c4ccc(C)cc4)cc3)cc2)C2=CC=CCC2)cc1. The minimum atomic E-state index is 1.05. The maximum Gasteiger partial charge on any atom is 0.0462 e. The zero-order valence-electron chi connectivity index (χ0n) is 29.2. The summed E-state index contributed by atoms with van der Waals surface area (Å²) < 4.78 is 0. The number of nitrogens with zero attached hydrogens (tertiary/aromatic N) is 1. The van der Waals surface area contributed by atoms with E-state index in [0.29, 0.717) is 0 Å². The Labute approximate surface area is 297 Å². The molecular formula is C49H43N. The Bertz CT molecular complexity index is 2160. The lowest BCUT2D eigenvalue weighted by molar-refractivity contribution is 0.997. The topological polar surface area (TPSA) is 3.24 Å². The van der Waals surface area contributed by atoms with Crippen LogP contribution >= 0.6 is 0 Å². The molecule has 6 aromatic rings. The van der Waals surface area contributed by atoms with E-state index in [2.05, 4.69) is 208 Å². The summed E-state index contributed by atoms with van der Waals surface area (Å²) in [4.78, 5) is 2.34. The zero-order valence-corrected chi connectivity index (χ0v) is 29.2. The van der Waals surface area contributed by atoms with Gasteiger partial charge in [0.25, 0.3) is 0 Å². The van der Waals surface area contributed by atoms with Crippen molar-refractivity contribution in [3.63, 3.8) is 0 Å². The van der Waals surface area contributed by atoms with Crippen LogP contribution in [0.2, 0.25) is 0 Å². The molecule has 6 aromatic carbocycles. The van der Waals surface area contributed by atoms with E-state index in [0.717, 1.165) is 35.5 Å². The van der Waals surface area contributed by atoms with Gasteiger partial charge in [0.1, 0.15) is 0 Å². The highest BCUT2D eigenvalue weighted by Gasteiger charge is 2.14. The Balaban J connectivity index is 1.24. The molecule has 0 aromatic heterocycles. The van der Waals surface area contributed by atoms with E-state index in [-0.39, 0.29) is 0 Å². The lowest BCUT2D eigenvalue weighted by Gasteiger charge is -2.26. The summed E-state index contributed by atoms with van der Waals surface area (Å²) in [5.74, 6) is 0. The first-order chi connectivity index (χ1) is 24.5. The molecule has 1 aliphatic rings. The van der Waals surface area contributed by atoms with E-state index in [4.69, 9.17) is 0 Å². The van der Waals surface area contributed by atoms with Gasteiger partial charge >= 0.3 is 0 Å². The van der Waals surface area contributed by atoms with Crippen LogP contribution in [-0.2, 0) is 0 Å². The van der Waals surface area contributed by atoms with Gasteiger partial charge in [0.2, 0.25) is 0 Å². The Kier molecular flexibility index (Phi) is 9.85. The van der Waals surface area contributed by atoms with Gasteiger partial charge in [-0.15, -0.1) is 0 Å². The molecule has 0 saturated carbocycles. The standard InChI is InChI=1S/C49H43N/c1-36-14-24-43(25-15-36)48(41-10-6-4-7-11-41)34-39-20-30-46(31-21-39)50(45-28-18-38(3)19-29-45)47-32-22-40(23-33-47)35-49(42-12-8-5-9-13-42)44-26-16-37(2)17-27-44/h4-8,10-12,14-35H,9,13H2,1-3H3. The predicted octanol–water partition coefficient (Wildman–Crippen LogP) is 13.5. The minimum Gasteiger partial charge on any atom is -0.311 e. The third-order valence-corrected chi connectivity index (χ3v) is 9.39. The molecule has 1 aliphatic carbocycles. The van der Waals surface area contributed by atoms with Crippen LogP contribution < -0.4 is 4.90 Å². The Morgan fingerprint density at radius 1 is 0.460 bits per heavy atom. The summed E-state index contributed by atoms with van der Waals surface area (Å²) in [5, 5.41) is 0. The second kappa shape index (κ2) is 15.1. The number of aryl methyl sites for hydroxylation is 3. The number of hydrogen-bond donors (Lipinski definition) is 0. The normalized spacial score (nSPS) is 13.2. The maximum atomic E-state index is 2.34. The number of hydrogen-bond acceptors (Lipinski definition) is 1. The highest BCUT2D eigenvalue weighted by Crippen LogP contribution is 2.37. The van der Waals surface area contributed by atoms with Crippen LogP contribution in [0, 0.1) is 20.8 Å². The van der Waals surface area contributed by atoms with Crippen molar-refractivity contribution in [3.05, 3.63) is 220 Å². The Morgan fingerprint density at radius 2 is 0.880 bits per heavy atom. The van der Waals surface area contributed by atoms with Crippen molar-refractivity contribution in [1.29, 1.82) is 0 Å². The van der Waals surface area contributed by atoms with Gasteiger partial charge in [-0.2, -0.15) is 0 Å². The Morgan fingerprint density at radius 3 is 1.36 bits per heavy atom. The monoisotopic (exact) mass is 645 g/mol. The van der Waals surface area contributed by atoms with E-state index in [1.54, 1.807) is 0 Å². The molecule has 0 fully saturated rings. The molecule has 0 N–H and O–H groups in total. The second-order valence-corrected chi connectivity index (χ2v) is 13.2. The third kappa shape index (κ3) is 7.69. The molecule has 0 heterocycles. The van der Waals surface area contributed by atoms with Crippen molar-refractivity contribution < 1.29 is 0 Å². The van der Waals surface area contributed by atoms with Crippen molar-refractivity contribution in [1.82, 2.24) is 0 Å². The molecule has 0 saturated heterocycles. The first-order valence-corrected chi connectivity index (χ1v) is 17.6. The van der Waals surface area contributed by atoms with Gasteiger partial charge in [0, 0.05) is 17.1 Å². The highest BCUT2D eigenvalue weighted by molar-refractivity contribution is 5.93. The lowest BCUT2D eigenvalue weighted by Crippen LogP contribution is -2.09. The van der Waals surface area contributed by atoms with E-state index < -0.39 is 0 Å². The first kappa shape index (κ1) is 32.6. The maximum absolute atomic E-state index is 2.34. The largest absolute Gasteiger partial charge is 0.311 e. The third-order valence-electron chi connectivity index (χ3n) is 9.39. The smallest absolute Gasteiger partial charge is 0.0462 e. The molecule has 0 amide bonds. The van der Waals surface area contributed by atoms with Gasteiger partial charge in [-0.25, -0.2) is 0 Å². The van der Waals surface area contributed by atoms with Crippen LogP contribution in [0.3, 0.4) is 0 Å². The van der Waals surface area contributed by atoms with Crippen molar-refractivity contribution in [3.8, 4) is 0 Å². The molecule has 7 rings (SSSR count). The fourth-order valence-corrected chi connectivity index (χ4v) is 6.52. The minimum absolute atomic E-state index is 1.05. The summed E-state index contributed by atoms with van der Waals surface area (Å²) >= 11 is 0. The van der Waals surface area contributed by atoms with Crippen molar-refractivity contribution >= 4 is 40.4 Å². The van der Waals surface area contributed by atoms with Gasteiger partial charge in [-0.1, -0.05) is 150 Å². The van der Waals surface area contributed by atoms with Crippen LogP contribution in [0.1, 0.15) is 57.3 Å². The fourth-order valence-electron chi connectivity index (χ4n) is 6.52. The molecular weight excluding hydrogens is 603 g/mol. The average Bonchev–Trinajstić information content (AvgIpc) is 3.16. The van der Waals surface area contributed by atoms with Crippen LogP contribution in [0.15, 0.2) is 175 Å². The fraction of sp³-hybridized carbons (Fsp3) is 0.102. The molecule has 0 aliphatic heterocycles. The number of benzene rings is 6. The first-order valence-electron chi connectivity index (χ1n) is 17.6. The number of rotatable bonds is 9. The van der Waals surface area contributed by atoms with E-state index in [1.807, 2.05) is 0 Å². The molecule has 50 heavy (non-hydrogen) atoms. The van der Waals surface area contributed by atoms with Gasteiger partial charge in [-0.3, -0.25) is 0 Å². The molecule has 0 atom stereocenters. The summed E-state index contributed by atoms with van der Waals surface area (Å²) in [6.45, 7) is 6.41. The number of anilines is 3. The molecule has 244 valence electrons. The average molecular weight is 646 g/mol. The van der Waals surface area contributed by atoms with E-state index in [1.165, 1.54) is 55.7 Å². The van der Waals surface area contributed by atoms with Crippen LogP contribution in [0.5, 0.6) is 0 Å². The van der Waals surface area contributed by atoms with E-state index in [9.17, 15) is 0 Å². The lowest BCUT2D eigenvalue weighted by atomic mass is 9.90. The van der Waals surface area contributed by atoms with Gasteiger partial charge < -0.3 is 4.90 Å². The second-order valence-electron chi connectivity index (χ2n) is 13.2. The van der Waals surface area contributed by atoms with Crippen LogP contribution in [-0.4, -0.2) is 0 Å². The van der Waals surface area contributed by atoms with Crippen LogP contribution in [0.4, 0.5) is 17.1 Å². The van der Waals surface area contributed by atoms with Crippen LogP contribution in [0.25, 0.3) is 23.3 Å². The summed E-state index contributed by atoms with van der Waals surface area (Å²) in [7, 11) is 0. The molecule has 1 heteroatoms. The molecule has 0 bridgehead atoms. The van der Waals surface area contributed by atoms with Crippen molar-refractivity contribution in [2.45, 2.75) is 33.6 Å². The summed E-state index contributed by atoms with van der Waals surface area (Å²) in [5.41, 5.74) is 17.1. The molecule has 1 nitrogen and oxygen atoms in total. The summed E-state index contributed by atoms with van der Waals surface area (Å²) in [6.07, 6.45) is 13.5. The summed E-state index contributed by atoms with van der Waals surface area (Å²) in [6, 6.07) is 55.0. The van der Waals surface area contributed by atoms with E-state index >= 15 is 0 Å². The van der Waals surface area contributed by atoms with Crippen molar-refractivity contribution in [2.24, 2.45) is 0 Å². The predicted molar refractivity (Wildman–Crippen MR) is 216 cm³/mol. The van der Waals surface area contributed by atoms with Gasteiger partial charge in [0.15, 0.2) is 0 Å². The van der Waals surface area contributed by atoms with Crippen molar-refractivity contribution in [2.75, 3.05) is 4.90 Å². The van der Waals surface area contributed by atoms with Gasteiger partial charge in [0.05, 0.1) is 0 Å². The highest BCUT2D eigenvalue weighted by atomic mass is 15.1. The van der Waals surface area contributed by atoms with Gasteiger partial charge in [-0.05, 0) is 127 Å².